The fraction of sp³-hybridized carbons (Fsp3) is 0.533. The first-order valence-corrected chi connectivity index (χ1v) is 6.53. The lowest BCUT2D eigenvalue weighted by molar-refractivity contribution is -0.137. The van der Waals surface area contributed by atoms with Gasteiger partial charge in [-0.15, -0.1) is 0 Å². The summed E-state index contributed by atoms with van der Waals surface area (Å²) >= 11 is 0. The van der Waals surface area contributed by atoms with E-state index in [4.69, 9.17) is 9.84 Å². The maximum atomic E-state index is 10.8. The van der Waals surface area contributed by atoms with Crippen LogP contribution in [-0.4, -0.2) is 17.7 Å². The molecule has 1 unspecified atom stereocenters. The van der Waals surface area contributed by atoms with Crippen molar-refractivity contribution in [2.75, 3.05) is 6.61 Å². The van der Waals surface area contributed by atoms with Gasteiger partial charge in [-0.25, -0.2) is 0 Å². The van der Waals surface area contributed by atoms with Gasteiger partial charge in [-0.1, -0.05) is 19.9 Å². The van der Waals surface area contributed by atoms with Crippen LogP contribution < -0.4 is 4.74 Å². The van der Waals surface area contributed by atoms with Gasteiger partial charge in [0.25, 0.3) is 0 Å². The lowest BCUT2D eigenvalue weighted by Crippen LogP contribution is -2.07. The number of aryl methyl sites for hydroxylation is 1. The summed E-state index contributed by atoms with van der Waals surface area (Å²) in [5.41, 5.74) is 2.22. The van der Waals surface area contributed by atoms with Gasteiger partial charge in [0.05, 0.1) is 13.0 Å². The molecule has 0 aliphatic carbocycles. The molecule has 0 saturated carbocycles. The highest BCUT2D eigenvalue weighted by Crippen LogP contribution is 2.28. The first-order chi connectivity index (χ1) is 8.58. The van der Waals surface area contributed by atoms with Crippen molar-refractivity contribution in [2.24, 2.45) is 0 Å². The molecular formula is C15H22O3. The number of hydrogen-bond acceptors (Lipinski definition) is 2. The molecule has 1 N–H and O–H groups in total. The molecule has 3 heteroatoms. The Bertz CT molecular complexity index is 399. The average Bonchev–Trinajstić information content (AvgIpc) is 2.33. The highest BCUT2D eigenvalue weighted by molar-refractivity contribution is 5.68. The van der Waals surface area contributed by atoms with Crippen molar-refractivity contribution in [3.63, 3.8) is 0 Å². The summed E-state index contributed by atoms with van der Waals surface area (Å²) < 4.78 is 5.57. The summed E-state index contributed by atoms with van der Waals surface area (Å²) in [5, 5.41) is 8.91. The fourth-order valence-corrected chi connectivity index (χ4v) is 2.10. The number of rotatable bonds is 7. The molecule has 1 aromatic rings. The second-order valence-corrected chi connectivity index (χ2v) is 4.57. The SMILES string of the molecule is CCCOc1ccc(C(CC)CC(=O)O)c(C)c1. The third-order valence-corrected chi connectivity index (χ3v) is 3.07. The molecule has 100 valence electrons. The molecule has 1 atom stereocenters. The summed E-state index contributed by atoms with van der Waals surface area (Å²) in [5.74, 6) is 0.207. The minimum Gasteiger partial charge on any atom is -0.494 e. The molecule has 0 fully saturated rings. The predicted octanol–water partition coefficient (Wildman–Crippen LogP) is 3.75. The molecule has 3 nitrogen and oxygen atoms in total. The third kappa shape index (κ3) is 4.06. The number of carboxylic acid groups (broad SMARTS) is 1. The number of ether oxygens (including phenoxy) is 1. The molecule has 0 spiro atoms. The number of carbonyl (C=O) groups is 1. The van der Waals surface area contributed by atoms with Crippen molar-refractivity contribution >= 4 is 5.97 Å². The van der Waals surface area contributed by atoms with Gasteiger partial charge in [0.15, 0.2) is 0 Å². The Kier molecular flexibility index (Phi) is 5.69. The topological polar surface area (TPSA) is 46.5 Å². The van der Waals surface area contributed by atoms with E-state index >= 15 is 0 Å². The number of aliphatic carboxylic acids is 1. The number of benzene rings is 1. The minimum atomic E-state index is -0.743. The highest BCUT2D eigenvalue weighted by atomic mass is 16.5. The zero-order valence-corrected chi connectivity index (χ0v) is 11.4. The smallest absolute Gasteiger partial charge is 0.303 e. The second kappa shape index (κ2) is 7.04. The largest absolute Gasteiger partial charge is 0.494 e. The average molecular weight is 250 g/mol. The molecular weight excluding hydrogens is 228 g/mol. The predicted molar refractivity (Wildman–Crippen MR) is 72.2 cm³/mol. The molecule has 0 heterocycles. The molecule has 0 saturated heterocycles. The zero-order chi connectivity index (χ0) is 13.5. The van der Waals surface area contributed by atoms with Gasteiger partial charge in [-0.3, -0.25) is 4.79 Å². The summed E-state index contributed by atoms with van der Waals surface area (Å²) in [4.78, 5) is 10.8. The molecule has 18 heavy (non-hydrogen) atoms. The van der Waals surface area contributed by atoms with Crippen LogP contribution in [0.25, 0.3) is 0 Å². The Labute approximate surface area is 109 Å². The van der Waals surface area contributed by atoms with Crippen LogP contribution in [0, 0.1) is 6.92 Å². The maximum absolute atomic E-state index is 10.8. The van der Waals surface area contributed by atoms with Gasteiger partial charge < -0.3 is 9.84 Å². The van der Waals surface area contributed by atoms with E-state index in [-0.39, 0.29) is 12.3 Å². The Morgan fingerprint density at radius 2 is 2.11 bits per heavy atom. The van der Waals surface area contributed by atoms with Crippen molar-refractivity contribution in [1.82, 2.24) is 0 Å². The Morgan fingerprint density at radius 1 is 1.39 bits per heavy atom. The molecule has 0 radical (unpaired) electrons. The summed E-state index contributed by atoms with van der Waals surface area (Å²) in [6, 6.07) is 5.93. The van der Waals surface area contributed by atoms with E-state index in [1.165, 1.54) is 0 Å². The molecule has 0 aliphatic heterocycles. The van der Waals surface area contributed by atoms with Crippen LogP contribution >= 0.6 is 0 Å². The van der Waals surface area contributed by atoms with Crippen molar-refractivity contribution in [3.05, 3.63) is 29.3 Å². The molecule has 1 rings (SSSR count). The summed E-state index contributed by atoms with van der Waals surface area (Å²) in [6.07, 6.45) is 2.01. The van der Waals surface area contributed by atoms with Crippen LogP contribution in [0.1, 0.15) is 50.2 Å². The fourth-order valence-electron chi connectivity index (χ4n) is 2.10. The van der Waals surface area contributed by atoms with Crippen LogP contribution in [0.5, 0.6) is 5.75 Å². The van der Waals surface area contributed by atoms with Crippen molar-refractivity contribution < 1.29 is 14.6 Å². The number of carboxylic acids is 1. The van der Waals surface area contributed by atoms with Crippen LogP contribution in [0.2, 0.25) is 0 Å². The zero-order valence-electron chi connectivity index (χ0n) is 11.4. The first-order valence-electron chi connectivity index (χ1n) is 6.53. The van der Waals surface area contributed by atoms with E-state index in [2.05, 4.69) is 6.92 Å². The standard InChI is InChI=1S/C15H22O3/c1-4-8-18-13-6-7-14(11(3)9-13)12(5-2)10-15(16)17/h6-7,9,12H,4-5,8,10H2,1-3H3,(H,16,17). The highest BCUT2D eigenvalue weighted by Gasteiger charge is 2.15. The molecule has 0 aromatic heterocycles. The Hall–Kier alpha value is -1.51. The molecule has 0 aliphatic rings. The van der Waals surface area contributed by atoms with Gasteiger partial charge in [0.1, 0.15) is 5.75 Å². The van der Waals surface area contributed by atoms with E-state index in [1.807, 2.05) is 32.0 Å². The Morgan fingerprint density at radius 3 is 2.61 bits per heavy atom. The van der Waals surface area contributed by atoms with Gasteiger partial charge in [-0.2, -0.15) is 0 Å². The van der Waals surface area contributed by atoms with E-state index in [0.29, 0.717) is 6.61 Å². The van der Waals surface area contributed by atoms with Gasteiger partial charge >= 0.3 is 5.97 Å². The normalized spacial score (nSPS) is 12.2. The second-order valence-electron chi connectivity index (χ2n) is 4.57. The van der Waals surface area contributed by atoms with Crippen molar-refractivity contribution in [3.8, 4) is 5.75 Å². The van der Waals surface area contributed by atoms with Gasteiger partial charge in [-0.05, 0) is 48.9 Å². The van der Waals surface area contributed by atoms with Crippen LogP contribution in [0.15, 0.2) is 18.2 Å². The first kappa shape index (κ1) is 14.6. The van der Waals surface area contributed by atoms with Crippen LogP contribution in [-0.2, 0) is 4.79 Å². The number of hydrogen-bond donors (Lipinski definition) is 1. The lowest BCUT2D eigenvalue weighted by atomic mass is 9.90. The summed E-state index contributed by atoms with van der Waals surface area (Å²) in [6.45, 7) is 6.82. The van der Waals surface area contributed by atoms with E-state index in [0.717, 1.165) is 29.7 Å². The maximum Gasteiger partial charge on any atom is 0.303 e. The van der Waals surface area contributed by atoms with Crippen molar-refractivity contribution in [1.29, 1.82) is 0 Å². The Balaban J connectivity index is 2.85. The summed E-state index contributed by atoms with van der Waals surface area (Å²) in [7, 11) is 0. The van der Waals surface area contributed by atoms with Gasteiger partial charge in [0.2, 0.25) is 0 Å². The van der Waals surface area contributed by atoms with E-state index < -0.39 is 5.97 Å². The minimum absolute atomic E-state index is 0.0859. The van der Waals surface area contributed by atoms with Crippen LogP contribution in [0.3, 0.4) is 0 Å². The van der Waals surface area contributed by atoms with E-state index in [1.54, 1.807) is 0 Å². The van der Waals surface area contributed by atoms with Crippen LogP contribution in [0.4, 0.5) is 0 Å². The lowest BCUT2D eigenvalue weighted by Gasteiger charge is -2.17. The molecule has 0 bridgehead atoms. The third-order valence-electron chi connectivity index (χ3n) is 3.07. The monoisotopic (exact) mass is 250 g/mol. The molecule has 1 aromatic carbocycles. The van der Waals surface area contributed by atoms with Gasteiger partial charge in [0, 0.05) is 0 Å². The molecule has 0 amide bonds. The quantitative estimate of drug-likeness (QED) is 0.801. The van der Waals surface area contributed by atoms with E-state index in [9.17, 15) is 4.79 Å². The van der Waals surface area contributed by atoms with Crippen molar-refractivity contribution in [2.45, 2.75) is 46.0 Å².